The molecule has 64 heavy (non-hydrogen) atoms. The first kappa shape index (κ1) is 50.8. The molecule has 2 heterocycles. The molecule has 0 unspecified atom stereocenters. The quantitative estimate of drug-likeness (QED) is 0.144. The second-order valence-corrected chi connectivity index (χ2v) is 16.9. The van der Waals surface area contributed by atoms with Crippen LogP contribution in [0.15, 0.2) is 60.7 Å². The Hall–Kier alpha value is -5.84. The molecule has 2 N–H and O–H groups in total. The topological polar surface area (TPSA) is 215 Å². The molecular weight excluding hydrogens is 829 g/mol. The van der Waals surface area contributed by atoms with Crippen LogP contribution in [0.1, 0.15) is 90.7 Å². The zero-order valence-electron chi connectivity index (χ0n) is 37.9. The van der Waals surface area contributed by atoms with Crippen LogP contribution in [-0.2, 0) is 70.1 Å². The average Bonchev–Trinajstić information content (AvgIpc) is 3.29. The fourth-order valence-corrected chi connectivity index (χ4v) is 7.89. The minimum atomic E-state index is -1.44. The summed E-state index contributed by atoms with van der Waals surface area (Å²) in [5.41, 5.74) is 1.56. The van der Waals surface area contributed by atoms with E-state index in [1.54, 1.807) is 37.4 Å². The SMILES string of the molecule is CN[C@@H](Cc1ccccc1)C(=O)O[C@H](C)C(=O)N1CCCC[C@H]1C(=O)O[C@H](C)C(=O)N(C)[C@@H](CC(C)C)C(=O)O[C@H](Cc1ccccc1)C(=O)N1CCCC[C@H]1C(=O)O[C@H](C)C(=O)O. The predicted octanol–water partition coefficient (Wildman–Crippen LogP) is 3.49. The fraction of sp³-hybridized carbons (Fsp3) is 0.574. The number of piperidine rings is 2. The molecule has 2 fully saturated rings. The van der Waals surface area contributed by atoms with Crippen molar-refractivity contribution in [3.8, 4) is 0 Å². The van der Waals surface area contributed by atoms with E-state index in [1.807, 2.05) is 44.2 Å². The Bertz CT molecular complexity index is 1930. The van der Waals surface area contributed by atoms with Gasteiger partial charge in [-0.2, -0.15) is 0 Å². The van der Waals surface area contributed by atoms with Crippen LogP contribution in [0.5, 0.6) is 0 Å². The molecule has 17 nitrogen and oxygen atoms in total. The monoisotopic (exact) mass is 892 g/mol. The molecule has 0 aliphatic carbocycles. The molecule has 3 amide bonds. The lowest BCUT2D eigenvalue weighted by molar-refractivity contribution is -0.176. The van der Waals surface area contributed by atoms with Crippen molar-refractivity contribution in [3.05, 3.63) is 71.8 Å². The number of aliphatic carboxylic acids is 1. The number of carbonyl (C=O) groups excluding carboxylic acids is 7. The predicted molar refractivity (Wildman–Crippen MR) is 232 cm³/mol. The van der Waals surface area contributed by atoms with Crippen LogP contribution < -0.4 is 5.32 Å². The molecule has 0 saturated carbocycles. The lowest BCUT2D eigenvalue weighted by Gasteiger charge is -2.37. The van der Waals surface area contributed by atoms with E-state index in [9.17, 15) is 43.5 Å². The summed E-state index contributed by atoms with van der Waals surface area (Å²) in [5, 5.41) is 12.3. The number of likely N-dealkylation sites (N-methyl/N-ethyl adjacent to an activating group) is 2. The molecule has 2 aromatic carbocycles. The van der Waals surface area contributed by atoms with Crippen molar-refractivity contribution in [2.45, 2.75) is 141 Å². The third kappa shape index (κ3) is 14.1. The summed E-state index contributed by atoms with van der Waals surface area (Å²) in [7, 11) is 3.00. The number of hydrogen-bond acceptors (Lipinski definition) is 13. The van der Waals surface area contributed by atoms with Gasteiger partial charge in [0.2, 0.25) is 0 Å². The van der Waals surface area contributed by atoms with E-state index in [0.29, 0.717) is 37.7 Å². The largest absolute Gasteiger partial charge is 0.479 e. The first-order chi connectivity index (χ1) is 30.4. The molecule has 17 heteroatoms. The molecule has 0 aromatic heterocycles. The number of nitrogens with one attached hydrogen (secondary N) is 1. The van der Waals surface area contributed by atoms with Gasteiger partial charge in [-0.3, -0.25) is 19.2 Å². The van der Waals surface area contributed by atoms with Crippen LogP contribution in [0.2, 0.25) is 0 Å². The van der Waals surface area contributed by atoms with Gasteiger partial charge in [0.15, 0.2) is 24.4 Å². The maximum Gasteiger partial charge on any atom is 0.344 e. The van der Waals surface area contributed by atoms with E-state index in [1.165, 1.54) is 37.6 Å². The van der Waals surface area contributed by atoms with Gasteiger partial charge in [0.05, 0.1) is 0 Å². The van der Waals surface area contributed by atoms with Crippen molar-refractivity contribution < 1.29 is 62.4 Å². The molecule has 2 saturated heterocycles. The smallest absolute Gasteiger partial charge is 0.344 e. The van der Waals surface area contributed by atoms with Gasteiger partial charge < -0.3 is 44.1 Å². The van der Waals surface area contributed by atoms with Crippen molar-refractivity contribution in [2.24, 2.45) is 5.92 Å². The summed E-state index contributed by atoms with van der Waals surface area (Å²) in [6.45, 7) is 8.04. The number of amides is 3. The van der Waals surface area contributed by atoms with Gasteiger partial charge in [-0.25, -0.2) is 19.2 Å². The lowest BCUT2D eigenvalue weighted by Crippen LogP contribution is -2.55. The van der Waals surface area contributed by atoms with Gasteiger partial charge in [-0.05, 0) is 96.2 Å². The number of esters is 4. The molecule has 350 valence electrons. The third-order valence-electron chi connectivity index (χ3n) is 11.5. The molecule has 8 atom stereocenters. The second-order valence-electron chi connectivity index (χ2n) is 16.9. The highest BCUT2D eigenvalue weighted by atomic mass is 16.6. The molecular formula is C47H64N4O13. The van der Waals surface area contributed by atoms with Crippen LogP contribution in [0.25, 0.3) is 0 Å². The van der Waals surface area contributed by atoms with Gasteiger partial charge >= 0.3 is 29.8 Å². The summed E-state index contributed by atoms with van der Waals surface area (Å²) >= 11 is 0. The number of likely N-dealkylation sites (tertiary alicyclic amines) is 2. The Morgan fingerprint density at radius 3 is 1.66 bits per heavy atom. The Morgan fingerprint density at radius 2 is 1.16 bits per heavy atom. The van der Waals surface area contributed by atoms with Gasteiger partial charge in [0, 0.05) is 26.6 Å². The van der Waals surface area contributed by atoms with E-state index >= 15 is 0 Å². The van der Waals surface area contributed by atoms with Crippen LogP contribution >= 0.6 is 0 Å². The summed E-state index contributed by atoms with van der Waals surface area (Å²) in [6.07, 6.45) is -2.30. The van der Waals surface area contributed by atoms with E-state index in [0.717, 1.165) is 10.5 Å². The molecule has 2 aliphatic rings. The molecule has 0 spiro atoms. The summed E-state index contributed by atoms with van der Waals surface area (Å²) < 4.78 is 22.4. The maximum atomic E-state index is 14.3. The van der Waals surface area contributed by atoms with Crippen molar-refractivity contribution in [1.29, 1.82) is 0 Å². The zero-order chi connectivity index (χ0) is 47.1. The summed E-state index contributed by atoms with van der Waals surface area (Å²) in [5.74, 6) is -6.72. The van der Waals surface area contributed by atoms with E-state index in [2.05, 4.69) is 5.32 Å². The number of hydrogen-bond donors (Lipinski definition) is 2. The molecule has 0 radical (unpaired) electrons. The van der Waals surface area contributed by atoms with Crippen LogP contribution in [0.4, 0.5) is 0 Å². The minimum Gasteiger partial charge on any atom is -0.479 e. The molecule has 2 aromatic rings. The number of carboxylic acid groups (broad SMARTS) is 1. The van der Waals surface area contributed by atoms with Gasteiger partial charge in [0.25, 0.3) is 17.7 Å². The number of rotatable bonds is 20. The highest BCUT2D eigenvalue weighted by Crippen LogP contribution is 2.25. The van der Waals surface area contributed by atoms with Crippen LogP contribution in [0, 0.1) is 5.92 Å². The van der Waals surface area contributed by atoms with E-state index in [-0.39, 0.29) is 44.7 Å². The molecule has 4 rings (SSSR count). The normalized spacial score (nSPS) is 19.2. The van der Waals surface area contributed by atoms with Crippen molar-refractivity contribution in [1.82, 2.24) is 20.0 Å². The highest BCUT2D eigenvalue weighted by molar-refractivity contribution is 5.93. The molecule has 2 aliphatic heterocycles. The number of carbonyl (C=O) groups is 8. The summed E-state index contributed by atoms with van der Waals surface area (Å²) in [6, 6.07) is 14.0. The van der Waals surface area contributed by atoms with Gasteiger partial charge in [-0.1, -0.05) is 74.5 Å². The Labute approximate surface area is 375 Å². The summed E-state index contributed by atoms with van der Waals surface area (Å²) in [4.78, 5) is 111. The molecule has 0 bridgehead atoms. The first-order valence-electron chi connectivity index (χ1n) is 22.1. The van der Waals surface area contributed by atoms with E-state index < -0.39 is 96.2 Å². The average molecular weight is 893 g/mol. The Balaban J connectivity index is 1.47. The number of benzene rings is 2. The van der Waals surface area contributed by atoms with Gasteiger partial charge in [0.1, 0.15) is 24.2 Å². The maximum absolute atomic E-state index is 14.3. The zero-order valence-corrected chi connectivity index (χ0v) is 37.9. The van der Waals surface area contributed by atoms with Crippen molar-refractivity contribution >= 4 is 47.6 Å². The Morgan fingerprint density at radius 1 is 0.656 bits per heavy atom. The first-order valence-corrected chi connectivity index (χ1v) is 22.1. The van der Waals surface area contributed by atoms with E-state index in [4.69, 9.17) is 18.9 Å². The van der Waals surface area contributed by atoms with Crippen LogP contribution in [-0.4, -0.2) is 143 Å². The Kier molecular flexibility index (Phi) is 19.3. The standard InChI is InChI=1S/C47H64N4O13/c1-29(2)26-38(47(60)64-39(28-34-20-12-9-13-21-34)42(54)51-25-17-15-23-37(51)46(59)63-32(5)43(55)56)49(7)40(52)30(3)62-45(58)36-22-14-16-24-50(36)41(53)31(4)61-44(57)35(48-6)27-33-18-10-8-11-19-33/h8-13,18-21,29-32,35-39,48H,14-17,22-28H2,1-7H3,(H,55,56)/t30-,31-,32-,35+,36+,37+,38+,39-/m1/s1. The number of nitrogens with zero attached hydrogens (tertiary/aromatic N) is 3. The minimum absolute atomic E-state index is 0.0620. The van der Waals surface area contributed by atoms with Crippen LogP contribution in [0.3, 0.4) is 0 Å². The lowest BCUT2D eigenvalue weighted by atomic mass is 9.99. The highest BCUT2D eigenvalue weighted by Gasteiger charge is 2.42. The van der Waals surface area contributed by atoms with Gasteiger partial charge in [-0.15, -0.1) is 0 Å². The van der Waals surface area contributed by atoms with Crippen molar-refractivity contribution in [3.63, 3.8) is 0 Å². The number of carboxylic acids is 1. The fourth-order valence-electron chi connectivity index (χ4n) is 7.89. The second kappa shape index (κ2) is 24.3. The number of ether oxygens (including phenoxy) is 4. The van der Waals surface area contributed by atoms with Crippen molar-refractivity contribution in [2.75, 3.05) is 27.2 Å². The third-order valence-corrected chi connectivity index (χ3v) is 11.5.